The number of hydrogen-bond donors (Lipinski definition) is 1. The third-order valence-corrected chi connectivity index (χ3v) is 3.02. The molecule has 2 rings (SSSR count). The second-order valence-corrected chi connectivity index (χ2v) is 4.57. The fraction of sp³-hybridized carbons (Fsp3) is 0. The Balaban J connectivity index is 2.27. The number of ether oxygens (including phenoxy) is 1. The van der Waals surface area contributed by atoms with Gasteiger partial charge in [-0.1, -0.05) is 18.2 Å². The van der Waals surface area contributed by atoms with E-state index in [0.717, 1.165) is 0 Å². The van der Waals surface area contributed by atoms with Gasteiger partial charge >= 0.3 is 5.97 Å². The first-order valence-electron chi connectivity index (χ1n) is 5.36. The van der Waals surface area contributed by atoms with Crippen molar-refractivity contribution >= 4 is 28.2 Å². The van der Waals surface area contributed by atoms with E-state index < -0.39 is 5.97 Å². The fourth-order valence-corrected chi connectivity index (χ4v) is 1.94. The monoisotopic (exact) mass is 320 g/mol. The predicted molar refractivity (Wildman–Crippen MR) is 72.6 cm³/mol. The molecule has 0 bridgehead atoms. The Morgan fingerprint density at radius 3 is 2.53 bits per heavy atom. The van der Waals surface area contributed by atoms with E-state index in [-0.39, 0.29) is 21.5 Å². The van der Waals surface area contributed by atoms with Gasteiger partial charge in [-0.3, -0.25) is 4.79 Å². The van der Waals surface area contributed by atoms with Crippen LogP contribution in [0.4, 0.5) is 0 Å². The van der Waals surface area contributed by atoms with Crippen LogP contribution in [0.3, 0.4) is 0 Å². The third kappa shape index (κ3) is 3.00. The molecule has 0 amide bonds. The average Bonchev–Trinajstić information content (AvgIpc) is 2.43. The zero-order valence-corrected chi connectivity index (χ0v) is 11.3. The van der Waals surface area contributed by atoms with Crippen molar-refractivity contribution in [3.05, 3.63) is 58.1 Å². The van der Waals surface area contributed by atoms with Crippen molar-refractivity contribution in [1.82, 2.24) is 0 Å². The average molecular weight is 321 g/mol. The minimum absolute atomic E-state index is 0.0465. The lowest BCUT2D eigenvalue weighted by Gasteiger charge is -2.07. The highest BCUT2D eigenvalue weighted by atomic mass is 79.9. The highest BCUT2D eigenvalue weighted by molar-refractivity contribution is 9.10. The molecule has 96 valence electrons. The Hall–Kier alpha value is -2.14. The van der Waals surface area contributed by atoms with E-state index in [0.29, 0.717) is 11.8 Å². The van der Waals surface area contributed by atoms with Gasteiger partial charge in [-0.15, -0.1) is 0 Å². The molecule has 0 heterocycles. The van der Waals surface area contributed by atoms with Gasteiger partial charge in [-0.05, 0) is 40.2 Å². The molecule has 0 radical (unpaired) electrons. The first-order chi connectivity index (χ1) is 9.11. The molecule has 19 heavy (non-hydrogen) atoms. The number of carbonyl (C=O) groups excluding carboxylic acids is 2. The second kappa shape index (κ2) is 5.67. The van der Waals surface area contributed by atoms with Crippen LogP contribution in [0.5, 0.6) is 11.5 Å². The predicted octanol–water partition coefficient (Wildman–Crippen LogP) is 3.19. The van der Waals surface area contributed by atoms with Crippen LogP contribution in [0, 0.1) is 0 Å². The van der Waals surface area contributed by atoms with Crippen molar-refractivity contribution in [2.75, 3.05) is 0 Å². The molecular weight excluding hydrogens is 312 g/mol. The van der Waals surface area contributed by atoms with E-state index in [2.05, 4.69) is 15.9 Å². The van der Waals surface area contributed by atoms with Crippen LogP contribution in [0.15, 0.2) is 46.9 Å². The van der Waals surface area contributed by atoms with Gasteiger partial charge in [0.25, 0.3) is 0 Å². The summed E-state index contributed by atoms with van der Waals surface area (Å²) in [5, 5.41) is 9.55. The van der Waals surface area contributed by atoms with Crippen LogP contribution in [0.25, 0.3) is 0 Å². The van der Waals surface area contributed by atoms with Crippen LogP contribution in [0.1, 0.15) is 20.7 Å². The first kappa shape index (κ1) is 13.3. The molecule has 0 aliphatic carbocycles. The highest BCUT2D eigenvalue weighted by Crippen LogP contribution is 2.31. The van der Waals surface area contributed by atoms with Gasteiger partial charge in [0.15, 0.2) is 6.29 Å². The molecule has 2 aromatic rings. The van der Waals surface area contributed by atoms with Crippen LogP contribution in [0.2, 0.25) is 0 Å². The lowest BCUT2D eigenvalue weighted by molar-refractivity contribution is 0.0733. The van der Waals surface area contributed by atoms with Gasteiger partial charge in [-0.25, -0.2) is 4.79 Å². The summed E-state index contributed by atoms with van der Waals surface area (Å²) in [5.41, 5.74) is 0.449. The lowest BCUT2D eigenvalue weighted by atomic mass is 10.2. The molecule has 0 spiro atoms. The Morgan fingerprint density at radius 1 is 1.21 bits per heavy atom. The zero-order chi connectivity index (χ0) is 13.8. The number of benzene rings is 2. The van der Waals surface area contributed by atoms with Crippen molar-refractivity contribution in [2.45, 2.75) is 0 Å². The summed E-state index contributed by atoms with van der Waals surface area (Å²) in [4.78, 5) is 22.6. The largest absolute Gasteiger partial charge is 0.506 e. The van der Waals surface area contributed by atoms with Crippen molar-refractivity contribution < 1.29 is 19.4 Å². The van der Waals surface area contributed by atoms with Crippen LogP contribution < -0.4 is 4.74 Å². The molecule has 2 aromatic carbocycles. The summed E-state index contributed by atoms with van der Waals surface area (Å²) in [6.07, 6.45) is 0.486. The summed E-state index contributed by atoms with van der Waals surface area (Å²) >= 11 is 3.08. The summed E-state index contributed by atoms with van der Waals surface area (Å²) in [7, 11) is 0. The number of carbonyl (C=O) groups is 2. The molecular formula is C14H9BrO4. The normalized spacial score (nSPS) is 9.95. The molecule has 0 aromatic heterocycles. The Kier molecular flexibility index (Phi) is 3.97. The molecule has 1 N–H and O–H groups in total. The molecule has 0 atom stereocenters. The number of aromatic hydroxyl groups is 1. The molecule has 0 unspecified atom stereocenters. The summed E-state index contributed by atoms with van der Waals surface area (Å²) in [6.45, 7) is 0. The van der Waals surface area contributed by atoms with Crippen molar-refractivity contribution in [2.24, 2.45) is 0 Å². The second-order valence-electron chi connectivity index (χ2n) is 3.72. The van der Waals surface area contributed by atoms with E-state index in [1.54, 1.807) is 30.3 Å². The summed E-state index contributed by atoms with van der Waals surface area (Å²) < 4.78 is 5.42. The smallest absolute Gasteiger partial charge is 0.343 e. The SMILES string of the molecule is O=Cc1cc(OC(=O)c2ccccc2)cc(Br)c1O. The molecule has 0 aliphatic rings. The number of rotatable bonds is 3. The number of esters is 1. The molecule has 4 nitrogen and oxygen atoms in total. The molecule has 5 heteroatoms. The van der Waals surface area contributed by atoms with E-state index in [9.17, 15) is 14.7 Å². The minimum Gasteiger partial charge on any atom is -0.506 e. The maximum atomic E-state index is 11.8. The number of hydrogen-bond acceptors (Lipinski definition) is 4. The Labute approximate surface area is 117 Å². The molecule has 0 aliphatic heterocycles. The molecule has 0 fully saturated rings. The Morgan fingerprint density at radius 2 is 1.89 bits per heavy atom. The quantitative estimate of drug-likeness (QED) is 0.536. The lowest BCUT2D eigenvalue weighted by Crippen LogP contribution is -2.08. The van der Waals surface area contributed by atoms with Gasteiger partial charge in [0.05, 0.1) is 15.6 Å². The third-order valence-electron chi connectivity index (χ3n) is 2.41. The topological polar surface area (TPSA) is 63.6 Å². The minimum atomic E-state index is -0.532. The van der Waals surface area contributed by atoms with Crippen LogP contribution in [-0.2, 0) is 0 Å². The van der Waals surface area contributed by atoms with Gasteiger partial charge in [0.2, 0.25) is 0 Å². The molecule has 0 saturated carbocycles. The number of phenols is 1. The molecule has 0 saturated heterocycles. The van der Waals surface area contributed by atoms with Crippen LogP contribution in [-0.4, -0.2) is 17.4 Å². The first-order valence-corrected chi connectivity index (χ1v) is 6.16. The van der Waals surface area contributed by atoms with E-state index >= 15 is 0 Å². The van der Waals surface area contributed by atoms with E-state index in [1.165, 1.54) is 12.1 Å². The standard InChI is InChI=1S/C14H9BrO4/c15-12-7-11(6-10(8-16)13(12)17)19-14(18)9-4-2-1-3-5-9/h1-8,17H. The number of phenolic OH excluding ortho intramolecular Hbond substituents is 1. The van der Waals surface area contributed by atoms with Crippen LogP contribution >= 0.6 is 15.9 Å². The fourth-order valence-electron chi connectivity index (χ4n) is 1.48. The van der Waals surface area contributed by atoms with Crippen molar-refractivity contribution in [1.29, 1.82) is 0 Å². The van der Waals surface area contributed by atoms with Gasteiger partial charge in [0, 0.05) is 0 Å². The number of aldehydes is 1. The van der Waals surface area contributed by atoms with Gasteiger partial charge in [0.1, 0.15) is 11.5 Å². The Bertz CT molecular complexity index is 623. The van der Waals surface area contributed by atoms with Crippen molar-refractivity contribution in [3.63, 3.8) is 0 Å². The number of halogens is 1. The maximum absolute atomic E-state index is 11.8. The van der Waals surface area contributed by atoms with Gasteiger partial charge < -0.3 is 9.84 Å². The summed E-state index contributed by atoms with van der Waals surface area (Å²) in [5.74, 6) is -0.537. The van der Waals surface area contributed by atoms with E-state index in [4.69, 9.17) is 4.74 Å². The van der Waals surface area contributed by atoms with Crippen molar-refractivity contribution in [3.8, 4) is 11.5 Å². The zero-order valence-electron chi connectivity index (χ0n) is 9.67. The maximum Gasteiger partial charge on any atom is 0.343 e. The van der Waals surface area contributed by atoms with E-state index in [1.807, 2.05) is 0 Å². The highest BCUT2D eigenvalue weighted by Gasteiger charge is 2.12. The van der Waals surface area contributed by atoms with Gasteiger partial charge in [-0.2, -0.15) is 0 Å². The summed E-state index contributed by atoms with van der Waals surface area (Å²) in [6, 6.07) is 11.2.